The number of nitrogens with zero attached hydrogens (tertiary/aromatic N) is 6. The van der Waals surface area contributed by atoms with Crippen LogP contribution in [0.3, 0.4) is 0 Å². The van der Waals surface area contributed by atoms with Gasteiger partial charge in [0.05, 0.1) is 0 Å². The Morgan fingerprint density at radius 3 is 1.61 bits per heavy atom. The van der Waals surface area contributed by atoms with E-state index in [1.807, 2.05) is 48.9 Å². The zero-order chi connectivity index (χ0) is 16.1. The molecule has 0 unspecified atom stereocenters. The van der Waals surface area contributed by atoms with Crippen LogP contribution in [0.2, 0.25) is 0 Å². The van der Waals surface area contributed by atoms with Crippen LogP contribution >= 0.6 is 0 Å². The summed E-state index contributed by atoms with van der Waals surface area (Å²) in [4.78, 5) is 18.0. The minimum Gasteiger partial charge on any atom is -0.214 e. The molecule has 4 heterocycles. The maximum atomic E-state index is 4.55. The highest BCUT2D eigenvalue weighted by Gasteiger charge is 2.21. The smallest absolute Gasteiger partial charge is 0.214 e. The van der Waals surface area contributed by atoms with Crippen LogP contribution in [0.4, 0.5) is 0 Å². The van der Waals surface area contributed by atoms with Crippen LogP contribution in [0.1, 0.15) is 34.4 Å². The molecule has 23 heavy (non-hydrogen) atoms. The molecule has 0 aliphatic heterocycles. The third-order valence-electron chi connectivity index (χ3n) is 3.78. The van der Waals surface area contributed by atoms with Crippen molar-refractivity contribution in [2.75, 3.05) is 0 Å². The minimum absolute atomic E-state index is 0.559. The molecule has 0 aliphatic rings. The SMILES string of the molecule is Cc1cc(C)[n+]2[nH]c(Cc3nc4nc(C)cc(C)[n+]4[nH]3)nc2n1. The van der Waals surface area contributed by atoms with Crippen LogP contribution in [-0.4, -0.2) is 30.1 Å². The molecule has 2 N–H and O–H groups in total. The van der Waals surface area contributed by atoms with Gasteiger partial charge in [-0.25, -0.2) is 10.2 Å². The molecule has 116 valence electrons. The van der Waals surface area contributed by atoms with E-state index in [4.69, 9.17) is 0 Å². The Morgan fingerprint density at radius 2 is 1.17 bits per heavy atom. The lowest BCUT2D eigenvalue weighted by molar-refractivity contribution is -0.588. The fraction of sp³-hybridized carbons (Fsp3) is 0.333. The normalized spacial score (nSPS) is 11.7. The number of hydrogen-bond acceptors (Lipinski definition) is 4. The van der Waals surface area contributed by atoms with Gasteiger partial charge >= 0.3 is 11.6 Å². The average molecular weight is 310 g/mol. The van der Waals surface area contributed by atoms with Crippen molar-refractivity contribution in [1.29, 1.82) is 0 Å². The van der Waals surface area contributed by atoms with Crippen LogP contribution in [0.15, 0.2) is 12.1 Å². The van der Waals surface area contributed by atoms with Gasteiger partial charge in [0.2, 0.25) is 11.6 Å². The Hall–Kier alpha value is -2.90. The van der Waals surface area contributed by atoms with Gasteiger partial charge < -0.3 is 0 Å². The minimum atomic E-state index is 0.559. The molecule has 0 radical (unpaired) electrons. The topological polar surface area (TPSA) is 91.3 Å². The van der Waals surface area contributed by atoms with E-state index in [1.165, 1.54) is 0 Å². The largest absolute Gasteiger partial charge is 0.457 e. The molecule has 8 nitrogen and oxygen atoms in total. The Balaban J connectivity index is 1.75. The molecule has 0 saturated carbocycles. The first kappa shape index (κ1) is 13.7. The van der Waals surface area contributed by atoms with E-state index >= 15 is 0 Å². The summed E-state index contributed by atoms with van der Waals surface area (Å²) in [6.07, 6.45) is 0.559. The van der Waals surface area contributed by atoms with Gasteiger partial charge in [-0.15, -0.1) is 9.03 Å². The van der Waals surface area contributed by atoms with E-state index in [9.17, 15) is 0 Å². The van der Waals surface area contributed by atoms with Gasteiger partial charge in [-0.2, -0.15) is 0 Å². The Bertz CT molecular complexity index is 959. The molecule has 0 saturated heterocycles. The highest BCUT2D eigenvalue weighted by molar-refractivity contribution is 5.23. The van der Waals surface area contributed by atoms with Gasteiger partial charge in [-0.05, 0) is 37.7 Å². The van der Waals surface area contributed by atoms with E-state index < -0.39 is 0 Å². The van der Waals surface area contributed by atoms with Crippen molar-refractivity contribution in [1.82, 2.24) is 30.1 Å². The van der Waals surface area contributed by atoms with Crippen molar-refractivity contribution >= 4 is 11.6 Å². The van der Waals surface area contributed by atoms with E-state index in [1.54, 1.807) is 0 Å². The molecule has 4 aromatic rings. The lowest BCUT2D eigenvalue weighted by Crippen LogP contribution is -2.29. The standard InChI is InChI=1S/C15H16N8/c1-8-5-10(3)22-14(16-8)18-12(20-22)7-13-19-15-17-9(2)6-11(4)23(15)21-13/h5-6H,7H2,1-4H3/p+2. The first-order valence-corrected chi connectivity index (χ1v) is 7.49. The van der Waals surface area contributed by atoms with Crippen molar-refractivity contribution in [3.05, 3.63) is 46.6 Å². The predicted molar refractivity (Wildman–Crippen MR) is 80.8 cm³/mol. The number of fused-ring (bicyclic) bond motifs is 2. The molecule has 0 aromatic carbocycles. The van der Waals surface area contributed by atoms with E-state index in [2.05, 4.69) is 30.1 Å². The van der Waals surface area contributed by atoms with Gasteiger partial charge in [-0.1, -0.05) is 9.97 Å². The molecule has 4 rings (SSSR count). The van der Waals surface area contributed by atoms with E-state index in [-0.39, 0.29) is 0 Å². The molecule has 0 spiro atoms. The van der Waals surface area contributed by atoms with Crippen molar-refractivity contribution in [2.24, 2.45) is 0 Å². The number of H-pyrrole nitrogens is 2. The first-order valence-electron chi connectivity index (χ1n) is 7.49. The van der Waals surface area contributed by atoms with E-state index in [0.29, 0.717) is 18.0 Å². The summed E-state index contributed by atoms with van der Waals surface area (Å²) in [7, 11) is 0. The highest BCUT2D eigenvalue weighted by atomic mass is 15.4. The van der Waals surface area contributed by atoms with Crippen LogP contribution in [-0.2, 0) is 6.42 Å². The second-order valence-electron chi connectivity index (χ2n) is 5.87. The quantitative estimate of drug-likeness (QED) is 0.518. The van der Waals surface area contributed by atoms with Gasteiger partial charge in [0.25, 0.3) is 0 Å². The summed E-state index contributed by atoms with van der Waals surface area (Å²) in [6.45, 7) is 7.98. The number of nitrogens with one attached hydrogen (secondary N) is 2. The molecular weight excluding hydrogens is 292 g/mol. The second-order valence-corrected chi connectivity index (χ2v) is 5.87. The third kappa shape index (κ3) is 2.32. The molecule has 8 heteroatoms. The Labute approximate surface area is 132 Å². The van der Waals surface area contributed by atoms with Gasteiger partial charge in [0.1, 0.15) is 29.2 Å². The van der Waals surface area contributed by atoms with Gasteiger partial charge in [0.15, 0.2) is 0 Å². The fourth-order valence-corrected chi connectivity index (χ4v) is 2.82. The summed E-state index contributed by atoms with van der Waals surface area (Å²) < 4.78 is 3.76. The molecule has 0 atom stereocenters. The van der Waals surface area contributed by atoms with Crippen molar-refractivity contribution in [3.8, 4) is 0 Å². The molecule has 0 fully saturated rings. The van der Waals surface area contributed by atoms with Crippen molar-refractivity contribution in [3.63, 3.8) is 0 Å². The molecule has 0 bridgehead atoms. The number of aryl methyl sites for hydroxylation is 4. The van der Waals surface area contributed by atoms with Crippen LogP contribution < -0.4 is 9.03 Å². The van der Waals surface area contributed by atoms with Crippen molar-refractivity contribution in [2.45, 2.75) is 34.1 Å². The summed E-state index contributed by atoms with van der Waals surface area (Å²) >= 11 is 0. The Kier molecular flexibility index (Phi) is 2.87. The number of aromatic amines is 2. The number of hydrogen-bond donors (Lipinski definition) is 2. The Morgan fingerprint density at radius 1 is 0.739 bits per heavy atom. The molecule has 4 aromatic heterocycles. The maximum Gasteiger partial charge on any atom is 0.457 e. The molecule has 0 aliphatic carbocycles. The lowest BCUT2D eigenvalue weighted by Gasteiger charge is -1.91. The summed E-state index contributed by atoms with van der Waals surface area (Å²) in [5, 5.41) is 6.53. The summed E-state index contributed by atoms with van der Waals surface area (Å²) in [6, 6.07) is 4.03. The zero-order valence-electron chi connectivity index (χ0n) is 13.5. The average Bonchev–Trinajstić information content (AvgIpc) is 3.02. The summed E-state index contributed by atoms with van der Waals surface area (Å²) in [5.41, 5.74) is 4.04. The maximum absolute atomic E-state index is 4.55. The van der Waals surface area contributed by atoms with Gasteiger partial charge in [0, 0.05) is 12.1 Å². The number of aromatic nitrogens is 8. The fourth-order valence-electron chi connectivity index (χ4n) is 2.82. The van der Waals surface area contributed by atoms with Crippen LogP contribution in [0.25, 0.3) is 11.6 Å². The molecule has 0 amide bonds. The van der Waals surface area contributed by atoms with Crippen molar-refractivity contribution < 1.29 is 9.03 Å². The predicted octanol–water partition coefficient (Wildman–Crippen LogP) is 0.225. The monoisotopic (exact) mass is 310 g/mol. The first-order chi connectivity index (χ1) is 11.0. The number of rotatable bonds is 2. The van der Waals surface area contributed by atoms with Crippen LogP contribution in [0.5, 0.6) is 0 Å². The summed E-state index contributed by atoms with van der Waals surface area (Å²) in [5.74, 6) is 2.96. The highest BCUT2D eigenvalue weighted by Crippen LogP contribution is 2.04. The van der Waals surface area contributed by atoms with Gasteiger partial charge in [-0.3, -0.25) is 0 Å². The van der Waals surface area contributed by atoms with Crippen LogP contribution in [0, 0.1) is 27.7 Å². The lowest BCUT2D eigenvalue weighted by atomic mass is 10.4. The third-order valence-corrected chi connectivity index (χ3v) is 3.78. The second kappa shape index (κ2) is 4.80. The zero-order valence-corrected chi connectivity index (χ0v) is 13.5. The van der Waals surface area contributed by atoms with E-state index in [0.717, 1.165) is 34.4 Å². The molecular formula is C15H18N8+2.